The van der Waals surface area contributed by atoms with Gasteiger partial charge in [0.1, 0.15) is 0 Å². The van der Waals surface area contributed by atoms with Crippen LogP contribution in [0.5, 0.6) is 0 Å². The third-order valence-corrected chi connectivity index (χ3v) is 4.83. The van der Waals surface area contributed by atoms with E-state index in [0.717, 1.165) is 12.5 Å². The molecule has 9 nitrogen and oxygen atoms in total. The Hall–Kier alpha value is -2.20. The summed E-state index contributed by atoms with van der Waals surface area (Å²) in [7, 11) is -3.81. The molecule has 0 saturated carbocycles. The fraction of sp³-hybridized carbons (Fsp3) is 0.562. The Morgan fingerprint density at radius 1 is 1.27 bits per heavy atom. The highest BCUT2D eigenvalue weighted by molar-refractivity contribution is 7.89. The summed E-state index contributed by atoms with van der Waals surface area (Å²) in [4.78, 5) is 14.4. The van der Waals surface area contributed by atoms with E-state index in [-0.39, 0.29) is 17.1 Å². The van der Waals surface area contributed by atoms with Gasteiger partial charge in [0.25, 0.3) is 5.69 Å². The lowest BCUT2D eigenvalue weighted by molar-refractivity contribution is -0.385. The smallest absolute Gasteiger partial charge is 0.270 e. The van der Waals surface area contributed by atoms with Gasteiger partial charge in [-0.05, 0) is 25.3 Å². The van der Waals surface area contributed by atoms with Crippen molar-refractivity contribution in [2.24, 2.45) is 10.9 Å². The third kappa shape index (κ3) is 7.79. The molecule has 0 amide bonds. The minimum absolute atomic E-state index is 0.125. The van der Waals surface area contributed by atoms with Gasteiger partial charge in [-0.25, -0.2) is 13.1 Å². The lowest BCUT2D eigenvalue weighted by atomic mass is 10.1. The van der Waals surface area contributed by atoms with Crippen molar-refractivity contribution >= 4 is 21.7 Å². The van der Waals surface area contributed by atoms with Crippen molar-refractivity contribution in [1.29, 1.82) is 0 Å². The quantitative estimate of drug-likeness (QED) is 0.184. The summed E-state index contributed by atoms with van der Waals surface area (Å²) >= 11 is 0. The van der Waals surface area contributed by atoms with Crippen molar-refractivity contribution in [3.8, 4) is 0 Å². The van der Waals surface area contributed by atoms with E-state index in [9.17, 15) is 18.5 Å². The van der Waals surface area contributed by atoms with E-state index in [4.69, 9.17) is 0 Å². The Labute approximate surface area is 154 Å². The average Bonchev–Trinajstić information content (AvgIpc) is 2.58. The molecule has 0 fully saturated rings. The van der Waals surface area contributed by atoms with Crippen LogP contribution in [0.1, 0.15) is 27.2 Å². The molecule has 0 aliphatic heterocycles. The summed E-state index contributed by atoms with van der Waals surface area (Å²) in [6.45, 7) is 8.04. The number of hydrogen-bond donors (Lipinski definition) is 3. The molecule has 10 heteroatoms. The molecule has 3 N–H and O–H groups in total. The predicted molar refractivity (Wildman–Crippen MR) is 102 cm³/mol. The van der Waals surface area contributed by atoms with E-state index in [2.05, 4.69) is 34.2 Å². The van der Waals surface area contributed by atoms with E-state index >= 15 is 0 Å². The van der Waals surface area contributed by atoms with Crippen LogP contribution in [-0.2, 0) is 10.0 Å². The molecule has 0 radical (unpaired) electrons. The maximum absolute atomic E-state index is 12.2. The number of benzene rings is 1. The maximum atomic E-state index is 12.2. The highest BCUT2D eigenvalue weighted by atomic mass is 32.2. The second-order valence-electron chi connectivity index (χ2n) is 6.02. The van der Waals surface area contributed by atoms with Crippen LogP contribution in [0.2, 0.25) is 0 Å². The van der Waals surface area contributed by atoms with E-state index in [1.54, 1.807) is 0 Å². The van der Waals surface area contributed by atoms with Crippen molar-refractivity contribution in [1.82, 2.24) is 15.4 Å². The second-order valence-corrected chi connectivity index (χ2v) is 7.79. The number of nitrogens with one attached hydrogen (secondary N) is 3. The number of nitro groups is 1. The number of guanidine groups is 1. The first-order valence-corrected chi connectivity index (χ1v) is 10.0. The van der Waals surface area contributed by atoms with Gasteiger partial charge >= 0.3 is 0 Å². The Balaban J connectivity index is 2.56. The van der Waals surface area contributed by atoms with E-state index in [1.807, 2.05) is 6.92 Å². The summed E-state index contributed by atoms with van der Waals surface area (Å²) in [5.74, 6) is 1.19. The topological polar surface area (TPSA) is 126 Å². The van der Waals surface area contributed by atoms with Gasteiger partial charge in [0.15, 0.2) is 5.96 Å². The molecule has 0 unspecified atom stereocenters. The molecule has 0 aromatic heterocycles. The van der Waals surface area contributed by atoms with Crippen LogP contribution < -0.4 is 15.4 Å². The second kappa shape index (κ2) is 10.7. The number of sulfonamides is 1. The summed E-state index contributed by atoms with van der Waals surface area (Å²) in [6.07, 6.45) is 0.968. The van der Waals surface area contributed by atoms with Crippen molar-refractivity contribution in [3.05, 3.63) is 34.4 Å². The molecule has 0 saturated heterocycles. The van der Waals surface area contributed by atoms with Crippen LogP contribution in [0.3, 0.4) is 0 Å². The molecule has 26 heavy (non-hydrogen) atoms. The molecule has 0 spiro atoms. The van der Waals surface area contributed by atoms with E-state index < -0.39 is 14.9 Å². The van der Waals surface area contributed by atoms with Gasteiger partial charge in [0.05, 0.1) is 9.82 Å². The molecule has 0 bridgehead atoms. The zero-order chi connectivity index (χ0) is 19.6. The van der Waals surface area contributed by atoms with Crippen molar-refractivity contribution in [2.45, 2.75) is 32.1 Å². The monoisotopic (exact) mass is 385 g/mol. The zero-order valence-electron chi connectivity index (χ0n) is 15.4. The number of hydrogen-bond acceptors (Lipinski definition) is 5. The molecule has 1 aromatic carbocycles. The number of aliphatic imine (C=N–C) groups is 1. The van der Waals surface area contributed by atoms with Crippen LogP contribution in [0, 0.1) is 16.0 Å². The highest BCUT2D eigenvalue weighted by Crippen LogP contribution is 2.16. The third-order valence-electron chi connectivity index (χ3n) is 3.37. The number of rotatable bonds is 10. The zero-order valence-corrected chi connectivity index (χ0v) is 16.2. The van der Waals surface area contributed by atoms with Gasteiger partial charge in [-0.1, -0.05) is 19.9 Å². The van der Waals surface area contributed by atoms with Gasteiger partial charge in [-0.15, -0.1) is 0 Å². The van der Waals surface area contributed by atoms with Gasteiger partial charge in [-0.3, -0.25) is 15.1 Å². The standard InChI is InChI=1S/C16H27N5O4S/c1-4-17-16(18-9-8-13(2)3)19-10-11-20-26(24,25)15-7-5-6-14(12-15)21(22)23/h5-7,12-13,20H,4,8-11H2,1-3H3,(H2,17,18,19). The summed E-state index contributed by atoms with van der Waals surface area (Å²) in [5, 5.41) is 16.9. The Kier molecular flexibility index (Phi) is 9.00. The maximum Gasteiger partial charge on any atom is 0.270 e. The minimum Gasteiger partial charge on any atom is -0.357 e. The predicted octanol–water partition coefficient (Wildman–Crippen LogP) is 1.47. The number of non-ortho nitro benzene ring substituents is 1. The van der Waals surface area contributed by atoms with Crippen molar-refractivity contribution < 1.29 is 13.3 Å². The normalized spacial score (nSPS) is 12.2. The van der Waals surface area contributed by atoms with Crippen LogP contribution in [-0.4, -0.2) is 45.5 Å². The molecular weight excluding hydrogens is 358 g/mol. The minimum atomic E-state index is -3.81. The average molecular weight is 385 g/mol. The molecule has 1 aromatic rings. The fourth-order valence-corrected chi connectivity index (χ4v) is 3.06. The number of nitro benzene ring substituents is 1. The van der Waals surface area contributed by atoms with E-state index in [0.29, 0.717) is 31.5 Å². The fourth-order valence-electron chi connectivity index (χ4n) is 1.99. The molecule has 0 atom stereocenters. The van der Waals surface area contributed by atoms with Crippen LogP contribution >= 0.6 is 0 Å². The lowest BCUT2D eigenvalue weighted by Gasteiger charge is -2.12. The molecule has 0 heterocycles. The molecular formula is C16H27N5O4S. The Morgan fingerprint density at radius 3 is 2.62 bits per heavy atom. The first kappa shape index (κ1) is 21.8. The summed E-state index contributed by atoms with van der Waals surface area (Å²) in [6, 6.07) is 4.94. The first-order valence-electron chi connectivity index (χ1n) is 8.52. The Bertz CT molecular complexity index is 719. The molecule has 146 valence electrons. The van der Waals surface area contributed by atoms with Crippen LogP contribution in [0.4, 0.5) is 5.69 Å². The van der Waals surface area contributed by atoms with Gasteiger partial charge in [0.2, 0.25) is 10.0 Å². The van der Waals surface area contributed by atoms with Gasteiger partial charge < -0.3 is 10.6 Å². The first-order chi connectivity index (χ1) is 12.3. The molecule has 0 aliphatic rings. The number of nitrogens with zero attached hydrogens (tertiary/aromatic N) is 2. The van der Waals surface area contributed by atoms with Crippen LogP contribution in [0.25, 0.3) is 0 Å². The summed E-state index contributed by atoms with van der Waals surface area (Å²) < 4.78 is 26.9. The highest BCUT2D eigenvalue weighted by Gasteiger charge is 2.16. The van der Waals surface area contributed by atoms with Crippen molar-refractivity contribution in [3.63, 3.8) is 0 Å². The summed E-state index contributed by atoms with van der Waals surface area (Å²) in [5.41, 5.74) is -0.266. The molecule has 0 aliphatic carbocycles. The molecule has 1 rings (SSSR count). The van der Waals surface area contributed by atoms with Crippen LogP contribution in [0.15, 0.2) is 34.2 Å². The van der Waals surface area contributed by atoms with Gasteiger partial charge in [-0.2, -0.15) is 0 Å². The SMILES string of the molecule is CCNC(=NCCC(C)C)NCCNS(=O)(=O)c1cccc([N+](=O)[O-])c1. The Morgan fingerprint density at radius 2 is 2.00 bits per heavy atom. The lowest BCUT2D eigenvalue weighted by Crippen LogP contribution is -2.41. The van der Waals surface area contributed by atoms with E-state index in [1.165, 1.54) is 18.2 Å². The van der Waals surface area contributed by atoms with Gasteiger partial charge in [0, 0.05) is 38.3 Å². The largest absolute Gasteiger partial charge is 0.357 e. The van der Waals surface area contributed by atoms with Crippen molar-refractivity contribution in [2.75, 3.05) is 26.2 Å².